The second kappa shape index (κ2) is 9.57. The molecule has 0 aromatic heterocycles. The Kier molecular flexibility index (Phi) is 7.43. The Balaban J connectivity index is 1.72. The molecule has 5 nitrogen and oxygen atoms in total. The van der Waals surface area contributed by atoms with Crippen LogP contribution < -0.4 is 4.74 Å². The van der Waals surface area contributed by atoms with Crippen molar-refractivity contribution < 1.29 is 19.4 Å². The van der Waals surface area contributed by atoms with E-state index in [1.807, 2.05) is 29.2 Å². The standard InChI is InChI=1S/C18H25NO4S/c1-23-15-5-7-16(8-6-15)24-12-10-17(20)19-11-2-3-14(13-19)4-9-18(21)22/h5-8,14H,2-4,9-13H2,1H3,(H,21,22). The lowest BCUT2D eigenvalue weighted by molar-refractivity contribution is -0.137. The van der Waals surface area contributed by atoms with Crippen LogP contribution in [0.2, 0.25) is 0 Å². The fourth-order valence-corrected chi connectivity index (χ4v) is 3.78. The number of carboxylic acids is 1. The number of nitrogens with zero attached hydrogens (tertiary/aromatic N) is 1. The maximum absolute atomic E-state index is 12.3. The number of thioether (sulfide) groups is 1. The molecule has 1 saturated heterocycles. The molecule has 1 unspecified atom stereocenters. The largest absolute Gasteiger partial charge is 0.497 e. The molecule has 0 saturated carbocycles. The molecule has 1 fully saturated rings. The van der Waals surface area contributed by atoms with E-state index < -0.39 is 5.97 Å². The Labute approximate surface area is 147 Å². The van der Waals surface area contributed by atoms with Gasteiger partial charge in [0.05, 0.1) is 7.11 Å². The summed E-state index contributed by atoms with van der Waals surface area (Å²) in [5, 5.41) is 8.79. The molecule has 1 aliphatic heterocycles. The molecule has 0 radical (unpaired) electrons. The van der Waals surface area contributed by atoms with Crippen LogP contribution in [-0.2, 0) is 9.59 Å². The number of benzene rings is 1. The minimum absolute atomic E-state index is 0.177. The zero-order chi connectivity index (χ0) is 17.4. The highest BCUT2D eigenvalue weighted by molar-refractivity contribution is 7.99. The minimum Gasteiger partial charge on any atom is -0.497 e. The molecule has 0 spiro atoms. The first-order valence-corrected chi connectivity index (χ1v) is 9.33. The molecule has 132 valence electrons. The Morgan fingerprint density at radius 1 is 1.29 bits per heavy atom. The Morgan fingerprint density at radius 2 is 2.04 bits per heavy atom. The Morgan fingerprint density at radius 3 is 2.71 bits per heavy atom. The van der Waals surface area contributed by atoms with Gasteiger partial charge in [-0.2, -0.15) is 0 Å². The van der Waals surface area contributed by atoms with Crippen LogP contribution in [0.1, 0.15) is 32.1 Å². The number of carbonyl (C=O) groups excluding carboxylic acids is 1. The Bertz CT molecular complexity index is 546. The van der Waals surface area contributed by atoms with Crippen LogP contribution in [-0.4, -0.2) is 47.8 Å². The van der Waals surface area contributed by atoms with Gasteiger partial charge in [-0.05, 0) is 49.4 Å². The van der Waals surface area contributed by atoms with Crippen molar-refractivity contribution in [1.29, 1.82) is 0 Å². The van der Waals surface area contributed by atoms with Gasteiger partial charge in [0.2, 0.25) is 5.91 Å². The number of methoxy groups -OCH3 is 1. The van der Waals surface area contributed by atoms with E-state index in [1.165, 1.54) is 0 Å². The third kappa shape index (κ3) is 6.07. The van der Waals surface area contributed by atoms with Crippen molar-refractivity contribution in [3.63, 3.8) is 0 Å². The van der Waals surface area contributed by atoms with E-state index in [-0.39, 0.29) is 12.3 Å². The average Bonchev–Trinajstić information content (AvgIpc) is 2.60. The fraction of sp³-hybridized carbons (Fsp3) is 0.556. The molecule has 0 bridgehead atoms. The molecule has 1 atom stereocenters. The van der Waals surface area contributed by atoms with Crippen LogP contribution in [0.3, 0.4) is 0 Å². The van der Waals surface area contributed by atoms with Crippen molar-refractivity contribution in [3.8, 4) is 5.75 Å². The minimum atomic E-state index is -0.755. The normalized spacial score (nSPS) is 17.5. The number of ether oxygens (including phenoxy) is 1. The molecule has 1 heterocycles. The highest BCUT2D eigenvalue weighted by Gasteiger charge is 2.23. The molecule has 1 aromatic carbocycles. The summed E-state index contributed by atoms with van der Waals surface area (Å²) in [4.78, 5) is 26.1. The first kappa shape index (κ1) is 18.6. The first-order valence-electron chi connectivity index (χ1n) is 8.35. The van der Waals surface area contributed by atoms with Crippen molar-refractivity contribution >= 4 is 23.6 Å². The number of rotatable bonds is 8. The first-order chi connectivity index (χ1) is 11.6. The number of piperidine rings is 1. The number of aliphatic carboxylic acids is 1. The van der Waals surface area contributed by atoms with Crippen LogP contribution >= 0.6 is 11.8 Å². The summed E-state index contributed by atoms with van der Waals surface area (Å²) >= 11 is 1.67. The molecular weight excluding hydrogens is 326 g/mol. The molecule has 2 rings (SSSR count). The van der Waals surface area contributed by atoms with Crippen molar-refractivity contribution in [2.24, 2.45) is 5.92 Å². The summed E-state index contributed by atoms with van der Waals surface area (Å²) in [6, 6.07) is 7.83. The van der Waals surface area contributed by atoms with E-state index in [0.29, 0.717) is 25.3 Å². The van der Waals surface area contributed by atoms with Crippen molar-refractivity contribution in [2.75, 3.05) is 26.0 Å². The van der Waals surface area contributed by atoms with Gasteiger partial charge in [-0.1, -0.05) is 0 Å². The van der Waals surface area contributed by atoms with Gasteiger partial charge in [0.25, 0.3) is 0 Å². The van der Waals surface area contributed by atoms with Crippen molar-refractivity contribution in [1.82, 2.24) is 4.90 Å². The zero-order valence-electron chi connectivity index (χ0n) is 14.1. The van der Waals surface area contributed by atoms with Gasteiger partial charge in [0.1, 0.15) is 5.75 Å². The van der Waals surface area contributed by atoms with Gasteiger partial charge < -0.3 is 14.7 Å². The second-order valence-corrected chi connectivity index (χ2v) is 7.22. The van der Waals surface area contributed by atoms with Gasteiger partial charge in [0.15, 0.2) is 0 Å². The van der Waals surface area contributed by atoms with Gasteiger partial charge in [-0.25, -0.2) is 0 Å². The maximum atomic E-state index is 12.3. The number of likely N-dealkylation sites (tertiary alicyclic amines) is 1. The SMILES string of the molecule is COc1ccc(SCCC(=O)N2CCCC(CCC(=O)O)C2)cc1. The molecule has 1 aromatic rings. The van der Waals surface area contributed by atoms with E-state index in [1.54, 1.807) is 18.9 Å². The van der Waals surface area contributed by atoms with E-state index in [2.05, 4.69) is 0 Å². The lowest BCUT2D eigenvalue weighted by Gasteiger charge is -2.32. The molecular formula is C18H25NO4S. The van der Waals surface area contributed by atoms with E-state index in [9.17, 15) is 9.59 Å². The van der Waals surface area contributed by atoms with Gasteiger partial charge in [0, 0.05) is 36.6 Å². The molecule has 0 aliphatic carbocycles. The van der Waals surface area contributed by atoms with Crippen LogP contribution in [0.5, 0.6) is 5.75 Å². The third-order valence-electron chi connectivity index (χ3n) is 4.28. The third-order valence-corrected chi connectivity index (χ3v) is 5.30. The zero-order valence-corrected chi connectivity index (χ0v) is 14.9. The van der Waals surface area contributed by atoms with Gasteiger partial charge in [-0.3, -0.25) is 9.59 Å². The van der Waals surface area contributed by atoms with Gasteiger partial charge >= 0.3 is 5.97 Å². The van der Waals surface area contributed by atoms with Gasteiger partial charge in [-0.15, -0.1) is 11.8 Å². The predicted molar refractivity (Wildman–Crippen MR) is 94.5 cm³/mol. The molecule has 1 N–H and O–H groups in total. The smallest absolute Gasteiger partial charge is 0.303 e. The number of carboxylic acid groups (broad SMARTS) is 1. The Hall–Kier alpha value is -1.69. The van der Waals surface area contributed by atoms with E-state index in [0.717, 1.165) is 35.8 Å². The summed E-state index contributed by atoms with van der Waals surface area (Å²) in [6.45, 7) is 1.51. The summed E-state index contributed by atoms with van der Waals surface area (Å²) < 4.78 is 5.13. The lowest BCUT2D eigenvalue weighted by Crippen LogP contribution is -2.40. The van der Waals surface area contributed by atoms with Crippen molar-refractivity contribution in [2.45, 2.75) is 37.0 Å². The predicted octanol–water partition coefficient (Wildman–Crippen LogP) is 3.28. The summed E-state index contributed by atoms with van der Waals surface area (Å²) in [5.74, 6) is 1.33. The number of hydrogen-bond donors (Lipinski definition) is 1. The van der Waals surface area contributed by atoms with E-state index >= 15 is 0 Å². The van der Waals surface area contributed by atoms with Crippen LogP contribution in [0.4, 0.5) is 0 Å². The number of hydrogen-bond acceptors (Lipinski definition) is 4. The average molecular weight is 351 g/mol. The highest BCUT2D eigenvalue weighted by atomic mass is 32.2. The molecule has 6 heteroatoms. The van der Waals surface area contributed by atoms with Crippen LogP contribution in [0.15, 0.2) is 29.2 Å². The number of amides is 1. The molecule has 1 aliphatic rings. The second-order valence-electron chi connectivity index (χ2n) is 6.05. The van der Waals surface area contributed by atoms with Crippen LogP contribution in [0.25, 0.3) is 0 Å². The lowest BCUT2D eigenvalue weighted by atomic mass is 9.93. The fourth-order valence-electron chi connectivity index (χ4n) is 2.94. The maximum Gasteiger partial charge on any atom is 0.303 e. The summed E-state index contributed by atoms with van der Waals surface area (Å²) in [7, 11) is 1.64. The topological polar surface area (TPSA) is 66.8 Å². The molecule has 24 heavy (non-hydrogen) atoms. The quantitative estimate of drug-likeness (QED) is 0.728. The van der Waals surface area contributed by atoms with E-state index in [4.69, 9.17) is 9.84 Å². The van der Waals surface area contributed by atoms with Crippen molar-refractivity contribution in [3.05, 3.63) is 24.3 Å². The number of carbonyl (C=O) groups is 2. The summed E-state index contributed by atoms with van der Waals surface area (Å²) in [6.07, 6.45) is 3.38. The molecule has 1 amide bonds. The monoisotopic (exact) mass is 351 g/mol. The summed E-state index contributed by atoms with van der Waals surface area (Å²) in [5.41, 5.74) is 0. The highest BCUT2D eigenvalue weighted by Crippen LogP contribution is 2.24. The van der Waals surface area contributed by atoms with Crippen LogP contribution in [0, 0.1) is 5.92 Å².